The number of nitrogens with zero attached hydrogens (tertiary/aromatic N) is 1. The summed E-state index contributed by atoms with van der Waals surface area (Å²) in [6.45, 7) is 3.79. The number of ether oxygens (including phenoxy) is 3. The summed E-state index contributed by atoms with van der Waals surface area (Å²) in [5, 5.41) is 9.31. The average molecular weight is 572 g/mol. The molecule has 1 N–H and O–H groups in total. The SMILES string of the molecule is O=C(CC/C=C\C[C@@H]1[C@@H](COc2cc(C(F)(F)F)cc(Cl)c2F)[C@H](O)C[C@H]1Cl)OCCN1CCOCC1. The van der Waals surface area contributed by atoms with Gasteiger partial charge in [0.05, 0.1) is 36.5 Å². The second-order valence-corrected chi connectivity index (χ2v) is 10.1. The Balaban J connectivity index is 1.45. The summed E-state index contributed by atoms with van der Waals surface area (Å²) < 4.78 is 69.3. The van der Waals surface area contributed by atoms with E-state index in [2.05, 4.69) is 4.90 Å². The number of benzene rings is 1. The maximum absolute atomic E-state index is 14.3. The van der Waals surface area contributed by atoms with Crippen molar-refractivity contribution in [3.05, 3.63) is 40.7 Å². The number of allylic oxidation sites excluding steroid dienone is 2. The van der Waals surface area contributed by atoms with Crippen molar-refractivity contribution in [2.24, 2.45) is 11.8 Å². The number of morpholine rings is 1. The third kappa shape index (κ3) is 8.99. The van der Waals surface area contributed by atoms with Crippen LogP contribution in [0.4, 0.5) is 17.6 Å². The minimum atomic E-state index is -4.72. The summed E-state index contributed by atoms with van der Waals surface area (Å²) in [6.07, 6.45) is -0.493. The van der Waals surface area contributed by atoms with Crippen LogP contribution >= 0.6 is 23.2 Å². The summed E-state index contributed by atoms with van der Waals surface area (Å²) in [6, 6.07) is 1.05. The quantitative estimate of drug-likeness (QED) is 0.173. The largest absolute Gasteiger partial charge is 0.490 e. The maximum Gasteiger partial charge on any atom is 0.416 e. The highest BCUT2D eigenvalue weighted by molar-refractivity contribution is 6.31. The molecule has 1 aliphatic carbocycles. The van der Waals surface area contributed by atoms with Crippen LogP contribution in [0, 0.1) is 17.7 Å². The number of carbonyl (C=O) groups is 1. The second-order valence-electron chi connectivity index (χ2n) is 9.15. The van der Waals surface area contributed by atoms with Crippen LogP contribution in [0.1, 0.15) is 31.2 Å². The molecule has 3 rings (SSSR count). The number of rotatable bonds is 11. The van der Waals surface area contributed by atoms with E-state index in [4.69, 9.17) is 37.4 Å². The van der Waals surface area contributed by atoms with Gasteiger partial charge in [-0.3, -0.25) is 9.69 Å². The zero-order valence-corrected chi connectivity index (χ0v) is 21.7. The van der Waals surface area contributed by atoms with E-state index in [1.807, 2.05) is 12.2 Å². The van der Waals surface area contributed by atoms with Crippen LogP contribution in [0.2, 0.25) is 5.02 Å². The Morgan fingerprint density at radius 3 is 2.65 bits per heavy atom. The molecule has 2 fully saturated rings. The first-order chi connectivity index (χ1) is 17.6. The Hall–Kier alpha value is -1.59. The van der Waals surface area contributed by atoms with Crippen molar-refractivity contribution in [2.75, 3.05) is 46.1 Å². The van der Waals surface area contributed by atoms with E-state index in [0.29, 0.717) is 51.3 Å². The summed E-state index contributed by atoms with van der Waals surface area (Å²) >= 11 is 12.0. The van der Waals surface area contributed by atoms with Crippen LogP contribution in [-0.2, 0) is 20.4 Å². The van der Waals surface area contributed by atoms with Crippen LogP contribution in [0.25, 0.3) is 0 Å². The second kappa shape index (κ2) is 14.0. The molecule has 1 heterocycles. The fourth-order valence-electron chi connectivity index (χ4n) is 4.47. The molecule has 6 nitrogen and oxygen atoms in total. The molecule has 0 amide bonds. The fraction of sp³-hybridized carbons (Fsp3) is 0.640. The molecule has 0 spiro atoms. The Morgan fingerprint density at radius 2 is 1.95 bits per heavy atom. The summed E-state index contributed by atoms with van der Waals surface area (Å²) in [5.41, 5.74) is -1.13. The maximum atomic E-state index is 14.3. The van der Waals surface area contributed by atoms with Gasteiger partial charge in [-0.1, -0.05) is 23.8 Å². The minimum absolute atomic E-state index is 0.222. The van der Waals surface area contributed by atoms with Crippen LogP contribution in [0.15, 0.2) is 24.3 Å². The molecule has 4 atom stereocenters. The molecular formula is C25H31Cl2F4NO5. The molecule has 1 aromatic carbocycles. The number of aliphatic hydroxyl groups excluding tert-OH is 1. The molecule has 12 heteroatoms. The number of carbonyl (C=O) groups excluding carboxylic acids is 1. The van der Waals surface area contributed by atoms with Crippen LogP contribution in [-0.4, -0.2) is 73.5 Å². The van der Waals surface area contributed by atoms with Gasteiger partial charge in [0.2, 0.25) is 0 Å². The first kappa shape index (κ1) is 30.0. The molecule has 0 radical (unpaired) electrons. The van der Waals surface area contributed by atoms with Gasteiger partial charge in [-0.15, -0.1) is 11.6 Å². The monoisotopic (exact) mass is 571 g/mol. The lowest BCUT2D eigenvalue weighted by atomic mass is 9.92. The van der Waals surface area contributed by atoms with Crippen molar-refractivity contribution in [2.45, 2.75) is 43.3 Å². The van der Waals surface area contributed by atoms with Gasteiger partial charge in [-0.2, -0.15) is 13.2 Å². The van der Waals surface area contributed by atoms with Gasteiger partial charge in [0.15, 0.2) is 11.6 Å². The summed E-state index contributed by atoms with van der Waals surface area (Å²) in [4.78, 5) is 14.1. The lowest BCUT2D eigenvalue weighted by Crippen LogP contribution is -2.38. The minimum Gasteiger partial charge on any atom is -0.490 e. The van der Waals surface area contributed by atoms with E-state index < -0.39 is 45.7 Å². The van der Waals surface area contributed by atoms with Gasteiger partial charge in [0.1, 0.15) is 6.61 Å². The lowest BCUT2D eigenvalue weighted by molar-refractivity contribution is -0.144. The molecule has 2 aliphatic rings. The Bertz CT molecular complexity index is 927. The molecule has 1 saturated carbocycles. The van der Waals surface area contributed by atoms with Crippen molar-refractivity contribution in [1.29, 1.82) is 0 Å². The van der Waals surface area contributed by atoms with E-state index in [9.17, 15) is 27.5 Å². The summed E-state index contributed by atoms with van der Waals surface area (Å²) in [7, 11) is 0. The summed E-state index contributed by atoms with van der Waals surface area (Å²) in [5.74, 6) is -2.80. The topological polar surface area (TPSA) is 68.2 Å². The molecule has 1 aromatic rings. The predicted molar refractivity (Wildman–Crippen MR) is 130 cm³/mol. The number of aliphatic hydroxyl groups is 1. The zero-order valence-electron chi connectivity index (χ0n) is 20.2. The third-order valence-electron chi connectivity index (χ3n) is 6.59. The van der Waals surface area contributed by atoms with Crippen LogP contribution in [0.5, 0.6) is 5.75 Å². The molecule has 0 unspecified atom stereocenters. The number of alkyl halides is 4. The standard InChI is InChI=1S/C25H31Cl2F4NO5/c26-19-14-21(33)18(15-37-22-13-16(25(29,30)31)12-20(27)24(22)28)17(19)4-2-1-3-5-23(34)36-11-8-32-6-9-35-10-7-32/h1-2,12-13,17-19,21,33H,3-11,14-15H2/b2-1-/t17-,18-,19-,21-/m1/s1. The lowest BCUT2D eigenvalue weighted by Gasteiger charge is -2.26. The Morgan fingerprint density at radius 1 is 1.22 bits per heavy atom. The first-order valence-corrected chi connectivity index (χ1v) is 13.0. The highest BCUT2D eigenvalue weighted by Crippen LogP contribution is 2.40. The molecule has 1 aliphatic heterocycles. The number of hydrogen-bond acceptors (Lipinski definition) is 6. The highest BCUT2D eigenvalue weighted by atomic mass is 35.5. The van der Waals surface area contributed by atoms with Gasteiger partial charge in [0.25, 0.3) is 0 Å². The number of esters is 1. The molecule has 208 valence electrons. The van der Waals surface area contributed by atoms with Crippen molar-refractivity contribution in [3.63, 3.8) is 0 Å². The van der Waals surface area contributed by atoms with Crippen molar-refractivity contribution in [3.8, 4) is 5.75 Å². The van der Waals surface area contributed by atoms with Gasteiger partial charge >= 0.3 is 12.1 Å². The number of hydrogen-bond donors (Lipinski definition) is 1. The van der Waals surface area contributed by atoms with Crippen LogP contribution < -0.4 is 4.74 Å². The van der Waals surface area contributed by atoms with E-state index >= 15 is 0 Å². The zero-order chi connectivity index (χ0) is 27.0. The molecule has 0 aromatic heterocycles. The van der Waals surface area contributed by atoms with E-state index in [0.717, 1.165) is 13.1 Å². The van der Waals surface area contributed by atoms with Crippen molar-refractivity contribution >= 4 is 29.2 Å². The predicted octanol–water partition coefficient (Wildman–Crippen LogP) is 5.08. The average Bonchev–Trinajstić information content (AvgIpc) is 3.11. The molecule has 0 bridgehead atoms. The molecular weight excluding hydrogens is 541 g/mol. The number of halogens is 6. The van der Waals surface area contributed by atoms with Crippen molar-refractivity contribution < 1.29 is 41.7 Å². The van der Waals surface area contributed by atoms with E-state index in [-0.39, 0.29) is 31.3 Å². The van der Waals surface area contributed by atoms with Crippen molar-refractivity contribution in [1.82, 2.24) is 4.90 Å². The van der Waals surface area contributed by atoms with Gasteiger partial charge in [-0.25, -0.2) is 4.39 Å². The van der Waals surface area contributed by atoms with Gasteiger partial charge in [-0.05, 0) is 37.3 Å². The van der Waals surface area contributed by atoms with Gasteiger partial charge < -0.3 is 19.3 Å². The smallest absolute Gasteiger partial charge is 0.416 e. The van der Waals surface area contributed by atoms with Crippen LogP contribution in [0.3, 0.4) is 0 Å². The van der Waals surface area contributed by atoms with Gasteiger partial charge in [0, 0.05) is 37.4 Å². The normalized spacial score (nSPS) is 25.1. The first-order valence-electron chi connectivity index (χ1n) is 12.2. The Labute approximate surface area is 223 Å². The molecule has 1 saturated heterocycles. The fourth-order valence-corrected chi connectivity index (χ4v) is 5.15. The highest BCUT2D eigenvalue weighted by Gasteiger charge is 2.41. The molecule has 37 heavy (non-hydrogen) atoms. The van der Waals surface area contributed by atoms with E-state index in [1.165, 1.54) is 0 Å². The third-order valence-corrected chi connectivity index (χ3v) is 7.37. The Kier molecular flexibility index (Phi) is 11.3. The van der Waals surface area contributed by atoms with E-state index in [1.54, 1.807) is 0 Å².